The molecule has 2 rings (SSSR count). The monoisotopic (exact) mass is 328 g/mol. The van der Waals surface area contributed by atoms with Crippen molar-refractivity contribution in [1.29, 1.82) is 0 Å². The first-order chi connectivity index (χ1) is 11.2. The van der Waals surface area contributed by atoms with Gasteiger partial charge in [-0.2, -0.15) is 0 Å². The number of esters is 1. The van der Waals surface area contributed by atoms with Crippen LogP contribution in [-0.2, 0) is 14.3 Å². The lowest BCUT2D eigenvalue weighted by Gasteiger charge is -2.15. The molecule has 2 aliphatic rings. The molecule has 0 bridgehead atoms. The number of ether oxygens (including phenoxy) is 1. The second-order valence-electron chi connectivity index (χ2n) is 7.68. The number of rotatable bonds is 6. The first kappa shape index (κ1) is 18.4. The number of allylic oxidation sites excluding steroid dienone is 6. The Kier molecular flexibility index (Phi) is 5.32. The van der Waals surface area contributed by atoms with Gasteiger partial charge in [-0.15, -0.1) is 0 Å². The van der Waals surface area contributed by atoms with Crippen molar-refractivity contribution in [2.24, 2.45) is 23.2 Å². The van der Waals surface area contributed by atoms with Crippen LogP contribution in [0, 0.1) is 23.2 Å². The summed E-state index contributed by atoms with van der Waals surface area (Å²) in [5.41, 5.74) is 1.86. The summed E-state index contributed by atoms with van der Waals surface area (Å²) in [6.45, 7) is 13.7. The minimum absolute atomic E-state index is 0.0671. The summed E-state index contributed by atoms with van der Waals surface area (Å²) >= 11 is 0. The van der Waals surface area contributed by atoms with Crippen molar-refractivity contribution in [3.63, 3.8) is 0 Å². The minimum atomic E-state index is -0.444. The SMILES string of the molecule is C=C/C=C/CC1=CC(OC(=O)C2C(C=C(C)C)C2(C)C)C(C)C1=O. The average molecular weight is 328 g/mol. The summed E-state index contributed by atoms with van der Waals surface area (Å²) < 4.78 is 5.69. The Hall–Kier alpha value is -1.90. The van der Waals surface area contributed by atoms with Crippen LogP contribution in [0.4, 0.5) is 0 Å². The molecule has 0 aliphatic heterocycles. The molecule has 0 saturated heterocycles. The zero-order valence-corrected chi connectivity index (χ0v) is 15.3. The fourth-order valence-electron chi connectivity index (χ4n) is 3.47. The lowest BCUT2D eigenvalue weighted by atomic mass is 10.0. The van der Waals surface area contributed by atoms with Crippen LogP contribution in [0.1, 0.15) is 41.0 Å². The number of hydrogen-bond donors (Lipinski definition) is 0. The normalized spacial score (nSPS) is 30.9. The van der Waals surface area contributed by atoms with Gasteiger partial charge in [0.15, 0.2) is 5.78 Å². The molecule has 24 heavy (non-hydrogen) atoms. The fraction of sp³-hybridized carbons (Fsp3) is 0.524. The van der Waals surface area contributed by atoms with Gasteiger partial charge in [0.1, 0.15) is 6.10 Å². The predicted octanol–water partition coefficient (Wildman–Crippen LogP) is 4.41. The molecule has 3 heteroatoms. The maximum absolute atomic E-state index is 12.6. The molecule has 0 aromatic heterocycles. The van der Waals surface area contributed by atoms with E-state index >= 15 is 0 Å². The summed E-state index contributed by atoms with van der Waals surface area (Å²) in [7, 11) is 0. The molecular weight excluding hydrogens is 300 g/mol. The van der Waals surface area contributed by atoms with Gasteiger partial charge >= 0.3 is 5.97 Å². The Morgan fingerprint density at radius 3 is 2.62 bits per heavy atom. The first-order valence-corrected chi connectivity index (χ1v) is 8.58. The van der Waals surface area contributed by atoms with Crippen molar-refractivity contribution in [3.05, 3.63) is 48.1 Å². The second-order valence-corrected chi connectivity index (χ2v) is 7.68. The Balaban J connectivity index is 2.04. The van der Waals surface area contributed by atoms with Gasteiger partial charge in [0.05, 0.1) is 11.8 Å². The third-order valence-corrected chi connectivity index (χ3v) is 5.13. The number of hydrogen-bond acceptors (Lipinski definition) is 3. The highest BCUT2D eigenvalue weighted by molar-refractivity contribution is 6.00. The van der Waals surface area contributed by atoms with Gasteiger partial charge in [0.2, 0.25) is 0 Å². The van der Waals surface area contributed by atoms with Gasteiger partial charge in [0, 0.05) is 0 Å². The molecule has 0 aromatic carbocycles. The maximum Gasteiger partial charge on any atom is 0.310 e. The van der Waals surface area contributed by atoms with Crippen molar-refractivity contribution < 1.29 is 14.3 Å². The Morgan fingerprint density at radius 2 is 2.04 bits per heavy atom. The molecule has 2 aliphatic carbocycles. The standard InChI is InChI=1S/C21H28O3/c1-7-8-9-10-15-12-17(14(4)19(15)22)24-20(23)18-16(11-13(2)3)21(18,5)6/h7-9,11-12,14,16-18H,1,10H2,2-6H3/b9-8+. The Bertz CT molecular complexity index is 629. The van der Waals surface area contributed by atoms with Crippen LogP contribution in [0.5, 0.6) is 0 Å². The maximum atomic E-state index is 12.6. The van der Waals surface area contributed by atoms with Gasteiger partial charge < -0.3 is 4.74 Å². The van der Waals surface area contributed by atoms with Crippen LogP contribution < -0.4 is 0 Å². The van der Waals surface area contributed by atoms with Gasteiger partial charge in [-0.05, 0) is 43.3 Å². The van der Waals surface area contributed by atoms with Gasteiger partial charge in [-0.3, -0.25) is 9.59 Å². The smallest absolute Gasteiger partial charge is 0.310 e. The topological polar surface area (TPSA) is 43.4 Å². The zero-order valence-electron chi connectivity index (χ0n) is 15.3. The number of carbonyl (C=O) groups excluding carboxylic acids is 2. The van der Waals surface area contributed by atoms with E-state index in [9.17, 15) is 9.59 Å². The molecule has 0 spiro atoms. The van der Waals surface area contributed by atoms with Crippen molar-refractivity contribution in [2.45, 2.75) is 47.1 Å². The molecule has 3 nitrogen and oxygen atoms in total. The zero-order chi connectivity index (χ0) is 18.1. The highest BCUT2D eigenvalue weighted by Gasteiger charge is 2.61. The van der Waals surface area contributed by atoms with Crippen LogP contribution in [0.3, 0.4) is 0 Å². The van der Waals surface area contributed by atoms with Crippen LogP contribution in [0.25, 0.3) is 0 Å². The molecule has 4 atom stereocenters. The quantitative estimate of drug-likeness (QED) is 0.412. The van der Waals surface area contributed by atoms with E-state index in [-0.39, 0.29) is 34.9 Å². The third-order valence-electron chi connectivity index (χ3n) is 5.13. The highest BCUT2D eigenvalue weighted by Crippen LogP contribution is 2.60. The van der Waals surface area contributed by atoms with Crippen LogP contribution in [0.2, 0.25) is 0 Å². The first-order valence-electron chi connectivity index (χ1n) is 8.58. The van der Waals surface area contributed by atoms with Crippen LogP contribution in [-0.4, -0.2) is 17.9 Å². The predicted molar refractivity (Wildman–Crippen MR) is 96.3 cm³/mol. The molecular formula is C21H28O3. The van der Waals surface area contributed by atoms with Crippen molar-refractivity contribution >= 4 is 11.8 Å². The Labute approximate surface area is 145 Å². The van der Waals surface area contributed by atoms with E-state index < -0.39 is 6.10 Å². The van der Waals surface area contributed by atoms with Gasteiger partial charge in [-0.1, -0.05) is 57.2 Å². The molecule has 4 unspecified atom stereocenters. The molecule has 1 saturated carbocycles. The fourth-order valence-corrected chi connectivity index (χ4v) is 3.47. The van der Waals surface area contributed by atoms with Crippen LogP contribution in [0.15, 0.2) is 48.1 Å². The van der Waals surface area contributed by atoms with Gasteiger partial charge in [0.25, 0.3) is 0 Å². The molecule has 0 amide bonds. The summed E-state index contributed by atoms with van der Waals surface area (Å²) in [5, 5.41) is 0. The van der Waals surface area contributed by atoms with E-state index in [0.29, 0.717) is 12.0 Å². The number of Topliss-reactive ketones (excluding diaryl/α,β-unsaturated/α-hetero) is 1. The molecule has 0 heterocycles. The second kappa shape index (κ2) is 6.92. The average Bonchev–Trinajstić information content (AvgIpc) is 2.92. The number of ketones is 1. The number of carbonyl (C=O) groups is 2. The Morgan fingerprint density at radius 1 is 1.38 bits per heavy atom. The van der Waals surface area contributed by atoms with Crippen molar-refractivity contribution in [1.82, 2.24) is 0 Å². The van der Waals surface area contributed by atoms with E-state index in [4.69, 9.17) is 4.74 Å². The largest absolute Gasteiger partial charge is 0.457 e. The highest BCUT2D eigenvalue weighted by atomic mass is 16.5. The van der Waals surface area contributed by atoms with Gasteiger partial charge in [-0.25, -0.2) is 0 Å². The van der Waals surface area contributed by atoms with Crippen molar-refractivity contribution in [3.8, 4) is 0 Å². The van der Waals surface area contributed by atoms with E-state index in [1.807, 2.05) is 39.0 Å². The van der Waals surface area contributed by atoms with E-state index in [1.54, 1.807) is 6.08 Å². The summed E-state index contributed by atoms with van der Waals surface area (Å²) in [5.74, 6) is -0.317. The van der Waals surface area contributed by atoms with Crippen molar-refractivity contribution in [2.75, 3.05) is 0 Å². The molecule has 0 aromatic rings. The lowest BCUT2D eigenvalue weighted by Crippen LogP contribution is -2.25. The lowest BCUT2D eigenvalue weighted by molar-refractivity contribution is -0.151. The van der Waals surface area contributed by atoms with Crippen LogP contribution >= 0.6 is 0 Å². The minimum Gasteiger partial charge on any atom is -0.457 e. The van der Waals surface area contributed by atoms with E-state index in [2.05, 4.69) is 26.5 Å². The molecule has 0 radical (unpaired) electrons. The van der Waals surface area contributed by atoms with E-state index in [0.717, 1.165) is 0 Å². The summed E-state index contributed by atoms with van der Waals surface area (Å²) in [4.78, 5) is 24.9. The third kappa shape index (κ3) is 3.61. The summed E-state index contributed by atoms with van der Waals surface area (Å²) in [6, 6.07) is 0. The summed E-state index contributed by atoms with van der Waals surface area (Å²) in [6.07, 6.45) is 9.45. The molecule has 130 valence electrons. The molecule has 1 fully saturated rings. The van der Waals surface area contributed by atoms with E-state index in [1.165, 1.54) is 5.57 Å². The molecule has 0 N–H and O–H groups in total.